The predicted molar refractivity (Wildman–Crippen MR) is 98.4 cm³/mol. The topological polar surface area (TPSA) is 12.5 Å². The van der Waals surface area contributed by atoms with Crippen molar-refractivity contribution in [3.05, 3.63) is 60.2 Å². The third kappa shape index (κ3) is 5.42. The number of halogens is 3. The van der Waals surface area contributed by atoms with Crippen LogP contribution in [0.25, 0.3) is 0 Å². The lowest BCUT2D eigenvalue weighted by Gasteiger charge is -2.26. The van der Waals surface area contributed by atoms with Crippen molar-refractivity contribution in [1.29, 1.82) is 0 Å². The van der Waals surface area contributed by atoms with Crippen LogP contribution in [0.15, 0.2) is 59.5 Å². The molecule has 1 fully saturated rings. The maximum absolute atomic E-state index is 12.5. The number of hydrogen-bond donors (Lipinski definition) is 0. The molecule has 2 unspecified atom stereocenters. The molecular weight excluding hydrogens is 359 g/mol. The summed E-state index contributed by atoms with van der Waals surface area (Å²) in [5.41, 5.74) is -3.19. The molecule has 2 aromatic carbocycles. The van der Waals surface area contributed by atoms with E-state index < -0.39 is 5.51 Å². The Labute approximate surface area is 156 Å². The Morgan fingerprint density at radius 3 is 2.38 bits per heavy atom. The van der Waals surface area contributed by atoms with E-state index in [-0.39, 0.29) is 22.8 Å². The van der Waals surface area contributed by atoms with Crippen LogP contribution in [0.4, 0.5) is 13.2 Å². The van der Waals surface area contributed by atoms with Crippen molar-refractivity contribution in [2.75, 3.05) is 13.6 Å². The number of ether oxygens (including phenoxy) is 1. The summed E-state index contributed by atoms with van der Waals surface area (Å²) in [4.78, 5) is 2.51. The predicted octanol–water partition coefficient (Wildman–Crippen LogP) is 5.90. The van der Waals surface area contributed by atoms with Crippen LogP contribution in [0, 0.1) is 0 Å². The number of hydrogen-bond acceptors (Lipinski definition) is 3. The van der Waals surface area contributed by atoms with Gasteiger partial charge < -0.3 is 9.64 Å². The fourth-order valence-electron chi connectivity index (χ4n) is 3.33. The Kier molecular flexibility index (Phi) is 6.14. The number of nitrogens with zero attached hydrogens (tertiary/aromatic N) is 1. The monoisotopic (exact) mass is 381 g/mol. The maximum Gasteiger partial charge on any atom is 0.446 e. The van der Waals surface area contributed by atoms with Crippen LogP contribution in [0.1, 0.15) is 30.9 Å². The average Bonchev–Trinajstić information content (AvgIpc) is 3.00. The van der Waals surface area contributed by atoms with E-state index >= 15 is 0 Å². The van der Waals surface area contributed by atoms with E-state index in [0.29, 0.717) is 11.8 Å². The molecule has 0 aliphatic carbocycles. The zero-order valence-corrected chi connectivity index (χ0v) is 15.4. The van der Waals surface area contributed by atoms with E-state index in [1.807, 2.05) is 30.3 Å². The lowest BCUT2D eigenvalue weighted by atomic mass is 10.0. The highest BCUT2D eigenvalue weighted by Crippen LogP contribution is 2.38. The molecule has 0 bridgehead atoms. The third-order valence-corrected chi connectivity index (χ3v) is 5.40. The van der Waals surface area contributed by atoms with Gasteiger partial charge >= 0.3 is 5.51 Å². The fraction of sp³-hybridized carbons (Fsp3) is 0.400. The quantitative estimate of drug-likeness (QED) is 0.578. The van der Waals surface area contributed by atoms with Gasteiger partial charge in [0.2, 0.25) is 0 Å². The zero-order valence-electron chi connectivity index (χ0n) is 14.6. The summed E-state index contributed by atoms with van der Waals surface area (Å²) in [5, 5.41) is 0. The van der Waals surface area contributed by atoms with Crippen LogP contribution < -0.4 is 4.74 Å². The van der Waals surface area contributed by atoms with Gasteiger partial charge in [-0.3, -0.25) is 0 Å². The van der Waals surface area contributed by atoms with E-state index in [9.17, 15) is 13.2 Å². The normalized spacial score (nSPS) is 19.5. The van der Waals surface area contributed by atoms with Gasteiger partial charge in [-0.1, -0.05) is 30.3 Å². The second-order valence-corrected chi connectivity index (χ2v) is 7.69. The Bertz CT molecular complexity index is 690. The van der Waals surface area contributed by atoms with Crippen LogP contribution >= 0.6 is 11.8 Å². The van der Waals surface area contributed by atoms with Gasteiger partial charge in [0.05, 0.1) is 0 Å². The van der Waals surface area contributed by atoms with Crippen LogP contribution in [0.2, 0.25) is 0 Å². The van der Waals surface area contributed by atoms with Crippen molar-refractivity contribution in [3.63, 3.8) is 0 Å². The van der Waals surface area contributed by atoms with Crippen molar-refractivity contribution in [3.8, 4) is 5.75 Å². The fourth-order valence-corrected chi connectivity index (χ4v) is 3.87. The van der Waals surface area contributed by atoms with Gasteiger partial charge in [0.1, 0.15) is 11.9 Å². The zero-order chi connectivity index (χ0) is 18.6. The van der Waals surface area contributed by atoms with Crippen molar-refractivity contribution in [1.82, 2.24) is 4.90 Å². The first kappa shape index (κ1) is 19.1. The Balaban J connectivity index is 1.73. The van der Waals surface area contributed by atoms with Crippen molar-refractivity contribution >= 4 is 11.8 Å². The minimum atomic E-state index is -4.28. The highest BCUT2D eigenvalue weighted by molar-refractivity contribution is 8.00. The van der Waals surface area contributed by atoms with E-state index in [0.717, 1.165) is 24.9 Å². The molecule has 0 N–H and O–H groups in total. The second-order valence-electron chi connectivity index (χ2n) is 6.55. The van der Waals surface area contributed by atoms with Crippen molar-refractivity contribution < 1.29 is 17.9 Å². The molecule has 6 heteroatoms. The van der Waals surface area contributed by atoms with Crippen LogP contribution in [-0.2, 0) is 0 Å². The van der Waals surface area contributed by atoms with Crippen LogP contribution in [-0.4, -0.2) is 30.0 Å². The van der Waals surface area contributed by atoms with Gasteiger partial charge in [0.25, 0.3) is 0 Å². The molecule has 3 rings (SSSR count). The Hall–Kier alpha value is -1.66. The Morgan fingerprint density at radius 1 is 1.12 bits per heavy atom. The van der Waals surface area contributed by atoms with E-state index in [2.05, 4.69) is 11.9 Å². The van der Waals surface area contributed by atoms with E-state index in [4.69, 9.17) is 4.74 Å². The van der Waals surface area contributed by atoms with Crippen molar-refractivity contribution in [2.24, 2.45) is 0 Å². The first-order chi connectivity index (χ1) is 12.4. The number of thioether (sulfide) groups is 1. The smallest absolute Gasteiger partial charge is 0.446 e. The number of rotatable bonds is 6. The first-order valence-electron chi connectivity index (χ1n) is 8.68. The summed E-state index contributed by atoms with van der Waals surface area (Å²) < 4.78 is 43.6. The molecule has 2 atom stereocenters. The summed E-state index contributed by atoms with van der Waals surface area (Å²) in [6.07, 6.45) is 3.07. The molecule has 0 radical (unpaired) electrons. The molecule has 0 saturated carbocycles. The van der Waals surface area contributed by atoms with Crippen molar-refractivity contribution in [2.45, 2.75) is 41.8 Å². The van der Waals surface area contributed by atoms with Gasteiger partial charge in [-0.25, -0.2) is 0 Å². The van der Waals surface area contributed by atoms with Gasteiger partial charge in [-0.2, -0.15) is 13.2 Å². The second kappa shape index (κ2) is 8.35. The summed E-state index contributed by atoms with van der Waals surface area (Å²) >= 11 is -0.111. The number of benzene rings is 2. The molecular formula is C20H22F3NOS. The molecule has 0 amide bonds. The van der Waals surface area contributed by atoms with Crippen LogP contribution in [0.5, 0.6) is 5.75 Å². The number of alkyl halides is 3. The molecule has 0 aromatic heterocycles. The Morgan fingerprint density at radius 2 is 1.81 bits per heavy atom. The van der Waals surface area contributed by atoms with Gasteiger partial charge in [0, 0.05) is 17.4 Å². The summed E-state index contributed by atoms with van der Waals surface area (Å²) in [5.74, 6) is 0.589. The van der Waals surface area contributed by atoms with Crippen LogP contribution in [0.3, 0.4) is 0 Å². The summed E-state index contributed by atoms with van der Waals surface area (Å²) in [7, 11) is 2.13. The molecule has 0 spiro atoms. The molecule has 26 heavy (non-hydrogen) atoms. The molecule has 140 valence electrons. The minimum Gasteiger partial charge on any atom is -0.486 e. The molecule has 2 aromatic rings. The highest BCUT2D eigenvalue weighted by Gasteiger charge is 2.29. The molecule has 1 aliphatic heterocycles. The molecule has 2 nitrogen and oxygen atoms in total. The third-order valence-electron chi connectivity index (χ3n) is 4.66. The minimum absolute atomic E-state index is 0.111. The van der Waals surface area contributed by atoms with E-state index in [1.54, 1.807) is 12.1 Å². The molecule has 1 saturated heterocycles. The van der Waals surface area contributed by atoms with Gasteiger partial charge in [-0.15, -0.1) is 0 Å². The standard InChI is InChI=1S/C20H22F3NOS/c1-24-13-5-8-16(24)14-19(15-6-3-2-4-7-15)25-17-9-11-18(12-10-17)26-20(21,22)23/h2-4,6-7,9-12,16,19H,5,8,13-14H2,1H3. The summed E-state index contributed by atoms with van der Waals surface area (Å²) in [6.45, 7) is 1.09. The highest BCUT2D eigenvalue weighted by atomic mass is 32.2. The van der Waals surface area contributed by atoms with E-state index in [1.165, 1.54) is 18.6 Å². The van der Waals surface area contributed by atoms with Gasteiger partial charge in [0.15, 0.2) is 0 Å². The number of likely N-dealkylation sites (tertiary alicyclic amines) is 1. The first-order valence-corrected chi connectivity index (χ1v) is 9.50. The lowest BCUT2D eigenvalue weighted by Crippen LogP contribution is -2.28. The lowest BCUT2D eigenvalue weighted by molar-refractivity contribution is -0.0328. The van der Waals surface area contributed by atoms with Gasteiger partial charge in [-0.05, 0) is 68.0 Å². The average molecular weight is 381 g/mol. The SMILES string of the molecule is CN1CCCC1CC(Oc1ccc(SC(F)(F)F)cc1)c1ccccc1. The molecule has 1 aliphatic rings. The maximum atomic E-state index is 12.5. The summed E-state index contributed by atoms with van der Waals surface area (Å²) in [6, 6.07) is 16.6. The largest absolute Gasteiger partial charge is 0.486 e. The molecule has 1 heterocycles.